The van der Waals surface area contributed by atoms with Gasteiger partial charge in [-0.15, -0.1) is 0 Å². The molecule has 2 aliphatic carbocycles. The quantitative estimate of drug-likeness (QED) is 0.835. The van der Waals surface area contributed by atoms with Crippen molar-refractivity contribution >= 4 is 11.7 Å². The van der Waals surface area contributed by atoms with Crippen molar-refractivity contribution in [3.8, 4) is 0 Å². The molecule has 0 radical (unpaired) electrons. The molecule has 4 unspecified atom stereocenters. The Morgan fingerprint density at radius 2 is 2.10 bits per heavy atom. The van der Waals surface area contributed by atoms with E-state index >= 15 is 0 Å². The second-order valence-electron chi connectivity index (χ2n) is 6.85. The summed E-state index contributed by atoms with van der Waals surface area (Å²) in [5.74, 6) is -0.520. The van der Waals surface area contributed by atoms with Crippen molar-refractivity contribution in [2.45, 2.75) is 52.7 Å². The SMILES string of the molecule is CC(C)NC(=O)C(C)C1CCC2(C)C=CC(=O)C=C2C1O. The molecule has 0 saturated heterocycles. The second kappa shape index (κ2) is 5.76. The molecule has 0 aromatic carbocycles. The topological polar surface area (TPSA) is 66.4 Å². The van der Waals surface area contributed by atoms with Crippen LogP contribution in [0, 0.1) is 17.3 Å². The number of fused-ring (bicyclic) bond motifs is 1. The highest BCUT2D eigenvalue weighted by molar-refractivity contribution is 6.01. The van der Waals surface area contributed by atoms with Crippen LogP contribution < -0.4 is 5.32 Å². The fourth-order valence-electron chi connectivity index (χ4n) is 3.37. The van der Waals surface area contributed by atoms with Gasteiger partial charge < -0.3 is 10.4 Å². The zero-order valence-electron chi connectivity index (χ0n) is 13.2. The number of aliphatic hydroxyl groups is 1. The lowest BCUT2D eigenvalue weighted by Crippen LogP contribution is -2.46. The van der Waals surface area contributed by atoms with Crippen molar-refractivity contribution in [2.75, 3.05) is 0 Å². The second-order valence-corrected chi connectivity index (χ2v) is 6.85. The van der Waals surface area contributed by atoms with Gasteiger partial charge in [0.15, 0.2) is 5.78 Å². The maximum absolute atomic E-state index is 12.2. The molecule has 0 heterocycles. The molecule has 0 aromatic rings. The number of aliphatic hydroxyl groups excluding tert-OH is 1. The van der Waals surface area contributed by atoms with E-state index in [2.05, 4.69) is 5.32 Å². The molecule has 21 heavy (non-hydrogen) atoms. The molecule has 4 atom stereocenters. The third-order valence-corrected chi connectivity index (χ3v) is 4.78. The van der Waals surface area contributed by atoms with Gasteiger partial charge >= 0.3 is 0 Å². The molecule has 0 bridgehead atoms. The van der Waals surface area contributed by atoms with Crippen LogP contribution in [-0.2, 0) is 9.59 Å². The molecular weight excluding hydrogens is 266 g/mol. The first-order chi connectivity index (χ1) is 9.74. The average Bonchev–Trinajstić information content (AvgIpc) is 2.40. The van der Waals surface area contributed by atoms with Crippen LogP contribution in [0.25, 0.3) is 0 Å². The van der Waals surface area contributed by atoms with Gasteiger partial charge in [0.25, 0.3) is 0 Å². The fraction of sp³-hybridized carbons (Fsp3) is 0.647. The molecule has 4 heteroatoms. The number of rotatable bonds is 3. The molecule has 1 saturated carbocycles. The van der Waals surface area contributed by atoms with Crippen LogP contribution in [0.4, 0.5) is 0 Å². The molecule has 1 fully saturated rings. The zero-order chi connectivity index (χ0) is 15.8. The van der Waals surface area contributed by atoms with Crippen molar-refractivity contribution in [3.05, 3.63) is 23.8 Å². The summed E-state index contributed by atoms with van der Waals surface area (Å²) >= 11 is 0. The first-order valence-electron chi connectivity index (χ1n) is 7.68. The number of carbonyl (C=O) groups is 2. The van der Waals surface area contributed by atoms with E-state index in [1.165, 1.54) is 0 Å². The van der Waals surface area contributed by atoms with Gasteiger partial charge in [0.2, 0.25) is 5.91 Å². The van der Waals surface area contributed by atoms with Crippen molar-refractivity contribution in [1.29, 1.82) is 0 Å². The Labute approximate surface area is 126 Å². The maximum atomic E-state index is 12.2. The minimum absolute atomic E-state index is 0.0315. The molecule has 116 valence electrons. The largest absolute Gasteiger partial charge is 0.388 e. The summed E-state index contributed by atoms with van der Waals surface area (Å²) in [5, 5.41) is 13.6. The smallest absolute Gasteiger partial charge is 0.223 e. The molecule has 4 nitrogen and oxygen atoms in total. The van der Waals surface area contributed by atoms with Gasteiger partial charge in [-0.2, -0.15) is 0 Å². The van der Waals surface area contributed by atoms with Crippen molar-refractivity contribution in [3.63, 3.8) is 0 Å². The molecule has 2 rings (SSSR count). The van der Waals surface area contributed by atoms with E-state index in [9.17, 15) is 14.7 Å². The standard InChI is InChI=1S/C17H25NO3/c1-10(2)18-16(21)11(3)13-6-8-17(4)7-5-12(19)9-14(17)15(13)20/h5,7,9-11,13,15,20H,6,8H2,1-4H3,(H,18,21). The third kappa shape index (κ3) is 3.10. The summed E-state index contributed by atoms with van der Waals surface area (Å²) in [4.78, 5) is 23.8. The summed E-state index contributed by atoms with van der Waals surface area (Å²) in [6.45, 7) is 7.74. The van der Waals surface area contributed by atoms with Gasteiger partial charge in [-0.25, -0.2) is 0 Å². The molecule has 0 aliphatic heterocycles. The fourth-order valence-corrected chi connectivity index (χ4v) is 3.37. The first kappa shape index (κ1) is 16.0. The van der Waals surface area contributed by atoms with Crippen molar-refractivity contribution in [2.24, 2.45) is 17.3 Å². The lowest BCUT2D eigenvalue weighted by atomic mass is 9.62. The van der Waals surface area contributed by atoms with Crippen LogP contribution in [-0.4, -0.2) is 28.9 Å². The molecule has 2 N–H and O–H groups in total. The maximum Gasteiger partial charge on any atom is 0.223 e. The van der Waals surface area contributed by atoms with Crippen LogP contribution in [0.5, 0.6) is 0 Å². The predicted octanol–water partition coefficient (Wildman–Crippen LogP) is 1.99. The molecule has 2 aliphatic rings. The first-order valence-corrected chi connectivity index (χ1v) is 7.68. The van der Waals surface area contributed by atoms with Gasteiger partial charge in [-0.05, 0) is 44.4 Å². The van der Waals surface area contributed by atoms with E-state index in [1.807, 2.05) is 33.8 Å². The number of ketones is 1. The van der Waals surface area contributed by atoms with Crippen molar-refractivity contribution < 1.29 is 14.7 Å². The van der Waals surface area contributed by atoms with Gasteiger partial charge in [0.05, 0.1) is 6.10 Å². The lowest BCUT2D eigenvalue weighted by molar-refractivity contribution is -0.128. The van der Waals surface area contributed by atoms with E-state index in [-0.39, 0.29) is 35.0 Å². The van der Waals surface area contributed by atoms with Gasteiger partial charge in [0, 0.05) is 23.3 Å². The minimum Gasteiger partial charge on any atom is -0.388 e. The monoisotopic (exact) mass is 291 g/mol. The molecule has 0 spiro atoms. The number of hydrogen-bond donors (Lipinski definition) is 2. The third-order valence-electron chi connectivity index (χ3n) is 4.78. The van der Waals surface area contributed by atoms with Gasteiger partial charge in [-0.1, -0.05) is 19.9 Å². The van der Waals surface area contributed by atoms with Crippen LogP contribution in [0.2, 0.25) is 0 Å². The number of allylic oxidation sites excluding steroid dienone is 3. The van der Waals surface area contributed by atoms with E-state index in [0.29, 0.717) is 0 Å². The number of carbonyl (C=O) groups excluding carboxylic acids is 2. The van der Waals surface area contributed by atoms with Crippen LogP contribution in [0.15, 0.2) is 23.8 Å². The zero-order valence-corrected chi connectivity index (χ0v) is 13.2. The Bertz CT molecular complexity index is 506. The summed E-state index contributed by atoms with van der Waals surface area (Å²) in [6.07, 6.45) is 5.91. The Kier molecular flexibility index (Phi) is 4.38. The highest BCUT2D eigenvalue weighted by atomic mass is 16.3. The summed E-state index contributed by atoms with van der Waals surface area (Å²) in [7, 11) is 0. The Hall–Kier alpha value is -1.42. The predicted molar refractivity (Wildman–Crippen MR) is 81.5 cm³/mol. The highest BCUT2D eigenvalue weighted by Gasteiger charge is 2.44. The van der Waals surface area contributed by atoms with Crippen molar-refractivity contribution in [1.82, 2.24) is 5.32 Å². The van der Waals surface area contributed by atoms with Gasteiger partial charge in [0.1, 0.15) is 0 Å². The van der Waals surface area contributed by atoms with E-state index in [1.54, 1.807) is 12.2 Å². The van der Waals surface area contributed by atoms with E-state index < -0.39 is 6.10 Å². The van der Waals surface area contributed by atoms with Crippen LogP contribution >= 0.6 is 0 Å². The van der Waals surface area contributed by atoms with E-state index in [0.717, 1.165) is 18.4 Å². The highest BCUT2D eigenvalue weighted by Crippen LogP contribution is 2.47. The molecular formula is C17H25NO3. The number of amides is 1. The van der Waals surface area contributed by atoms with Gasteiger partial charge in [-0.3, -0.25) is 9.59 Å². The summed E-state index contributed by atoms with van der Waals surface area (Å²) < 4.78 is 0. The van der Waals surface area contributed by atoms with Crippen LogP contribution in [0.3, 0.4) is 0 Å². The Balaban J connectivity index is 2.18. The van der Waals surface area contributed by atoms with Crippen LogP contribution in [0.1, 0.15) is 40.5 Å². The summed E-state index contributed by atoms with van der Waals surface area (Å²) in [5.41, 5.74) is 0.508. The Morgan fingerprint density at radius 3 is 2.71 bits per heavy atom. The summed E-state index contributed by atoms with van der Waals surface area (Å²) in [6, 6.07) is 0.0874. The number of hydrogen-bond acceptors (Lipinski definition) is 3. The normalized spacial score (nSPS) is 33.4. The number of nitrogens with one attached hydrogen (secondary N) is 1. The molecule has 1 amide bonds. The van der Waals surface area contributed by atoms with E-state index in [4.69, 9.17) is 0 Å². The lowest BCUT2D eigenvalue weighted by Gasteiger charge is -2.44. The minimum atomic E-state index is -0.731. The average molecular weight is 291 g/mol. The Morgan fingerprint density at radius 1 is 1.43 bits per heavy atom. The molecule has 0 aromatic heterocycles.